The lowest BCUT2D eigenvalue weighted by Gasteiger charge is -2.16. The molecule has 116 valence electrons. The number of likely N-dealkylation sites (N-methyl/N-ethyl adjacent to an activating group) is 1. The van der Waals surface area contributed by atoms with Crippen molar-refractivity contribution in [2.24, 2.45) is 0 Å². The van der Waals surface area contributed by atoms with Crippen LogP contribution < -0.4 is 10.1 Å². The molecular formula is C19H23NO2. The highest BCUT2D eigenvalue weighted by molar-refractivity contribution is 5.83. The minimum atomic E-state index is -0.236. The molecule has 0 unspecified atom stereocenters. The van der Waals surface area contributed by atoms with Gasteiger partial charge in [0.25, 0.3) is 0 Å². The van der Waals surface area contributed by atoms with Crippen LogP contribution in [-0.2, 0) is 11.4 Å². The number of ether oxygens (including phenoxy) is 1. The molecule has 0 aliphatic carbocycles. The first-order chi connectivity index (χ1) is 10.5. The van der Waals surface area contributed by atoms with Gasteiger partial charge in [0.15, 0.2) is 0 Å². The summed E-state index contributed by atoms with van der Waals surface area (Å²) in [6.07, 6.45) is 0. The maximum Gasteiger partial charge on any atom is 0.227 e. The molecule has 0 aliphatic rings. The van der Waals surface area contributed by atoms with Crippen LogP contribution in [0.25, 0.3) is 0 Å². The second-order valence-electron chi connectivity index (χ2n) is 5.59. The van der Waals surface area contributed by atoms with Gasteiger partial charge in [0.1, 0.15) is 12.4 Å². The van der Waals surface area contributed by atoms with Gasteiger partial charge in [0.05, 0.1) is 5.92 Å². The minimum absolute atomic E-state index is 0.0113. The van der Waals surface area contributed by atoms with Crippen LogP contribution in [0.4, 0.5) is 0 Å². The van der Waals surface area contributed by atoms with Crippen molar-refractivity contribution in [2.45, 2.75) is 33.3 Å². The Morgan fingerprint density at radius 3 is 2.64 bits per heavy atom. The normalized spacial score (nSPS) is 11.8. The third kappa shape index (κ3) is 3.67. The molecule has 22 heavy (non-hydrogen) atoms. The topological polar surface area (TPSA) is 38.3 Å². The lowest BCUT2D eigenvalue weighted by atomic mass is 9.99. The van der Waals surface area contributed by atoms with E-state index in [2.05, 4.69) is 37.4 Å². The SMILES string of the molecule is CNC(=O)[C@H](C)c1ccccc1OCc1cc(C)ccc1C. The average Bonchev–Trinajstić information content (AvgIpc) is 2.54. The molecule has 0 spiro atoms. The van der Waals surface area contributed by atoms with Gasteiger partial charge in [-0.2, -0.15) is 0 Å². The molecule has 0 radical (unpaired) electrons. The number of nitrogens with one attached hydrogen (secondary N) is 1. The first-order valence-electron chi connectivity index (χ1n) is 7.52. The summed E-state index contributed by atoms with van der Waals surface area (Å²) in [5.41, 5.74) is 4.51. The van der Waals surface area contributed by atoms with Gasteiger partial charge in [-0.25, -0.2) is 0 Å². The van der Waals surface area contributed by atoms with Crippen molar-refractivity contribution in [3.05, 3.63) is 64.7 Å². The van der Waals surface area contributed by atoms with E-state index in [1.807, 2.05) is 31.2 Å². The highest BCUT2D eigenvalue weighted by Gasteiger charge is 2.17. The van der Waals surface area contributed by atoms with Gasteiger partial charge < -0.3 is 10.1 Å². The highest BCUT2D eigenvalue weighted by atomic mass is 16.5. The van der Waals surface area contributed by atoms with E-state index in [1.165, 1.54) is 16.7 Å². The first kappa shape index (κ1) is 16.1. The molecule has 1 atom stereocenters. The van der Waals surface area contributed by atoms with E-state index in [4.69, 9.17) is 4.74 Å². The zero-order valence-electron chi connectivity index (χ0n) is 13.6. The van der Waals surface area contributed by atoms with Crippen molar-refractivity contribution < 1.29 is 9.53 Å². The number of rotatable bonds is 5. The molecule has 0 saturated carbocycles. The van der Waals surface area contributed by atoms with Crippen LogP contribution in [0.1, 0.15) is 35.1 Å². The molecule has 0 saturated heterocycles. The fourth-order valence-corrected chi connectivity index (χ4v) is 2.44. The van der Waals surface area contributed by atoms with Crippen LogP contribution in [0, 0.1) is 13.8 Å². The zero-order chi connectivity index (χ0) is 16.1. The molecule has 2 aromatic rings. The molecule has 0 fully saturated rings. The summed E-state index contributed by atoms with van der Waals surface area (Å²) < 4.78 is 5.99. The molecule has 2 aromatic carbocycles. The number of amides is 1. The van der Waals surface area contributed by atoms with Crippen LogP contribution in [-0.4, -0.2) is 13.0 Å². The Morgan fingerprint density at radius 2 is 1.91 bits per heavy atom. The molecule has 0 heterocycles. The average molecular weight is 297 g/mol. The summed E-state index contributed by atoms with van der Waals surface area (Å²) in [6, 6.07) is 14.1. The standard InChI is InChI=1S/C19H23NO2/c1-13-9-10-14(2)16(11-13)12-22-18-8-6-5-7-17(18)15(3)19(21)20-4/h5-11,15H,12H2,1-4H3,(H,20,21)/t15-/m1/s1. The van der Waals surface area contributed by atoms with Crippen LogP contribution in [0.15, 0.2) is 42.5 Å². The predicted molar refractivity (Wildman–Crippen MR) is 89.2 cm³/mol. The smallest absolute Gasteiger partial charge is 0.227 e. The first-order valence-corrected chi connectivity index (χ1v) is 7.52. The summed E-state index contributed by atoms with van der Waals surface area (Å²) in [5, 5.41) is 2.69. The molecule has 0 bridgehead atoms. The van der Waals surface area contributed by atoms with Crippen molar-refractivity contribution in [3.8, 4) is 5.75 Å². The summed E-state index contributed by atoms with van der Waals surface area (Å²) >= 11 is 0. The van der Waals surface area contributed by atoms with E-state index < -0.39 is 0 Å². The van der Waals surface area contributed by atoms with Crippen LogP contribution in [0.3, 0.4) is 0 Å². The number of para-hydroxylation sites is 1. The van der Waals surface area contributed by atoms with Gasteiger partial charge in [0.2, 0.25) is 5.91 Å². The van der Waals surface area contributed by atoms with Crippen molar-refractivity contribution in [1.29, 1.82) is 0 Å². The number of aryl methyl sites for hydroxylation is 2. The fraction of sp³-hybridized carbons (Fsp3) is 0.316. The van der Waals surface area contributed by atoms with Crippen molar-refractivity contribution in [2.75, 3.05) is 7.05 Å². The number of carbonyl (C=O) groups excluding carboxylic acids is 1. The molecule has 3 nitrogen and oxygen atoms in total. The van der Waals surface area contributed by atoms with E-state index in [0.29, 0.717) is 6.61 Å². The Bertz CT molecular complexity index is 664. The van der Waals surface area contributed by atoms with Crippen molar-refractivity contribution in [3.63, 3.8) is 0 Å². The van der Waals surface area contributed by atoms with Gasteiger partial charge in [-0.3, -0.25) is 4.79 Å². The Balaban J connectivity index is 2.20. The third-order valence-electron chi connectivity index (χ3n) is 3.91. The Kier molecular flexibility index (Phi) is 5.21. The Labute approximate surface area is 132 Å². The second-order valence-corrected chi connectivity index (χ2v) is 5.59. The second kappa shape index (κ2) is 7.12. The number of carbonyl (C=O) groups is 1. The molecule has 1 amide bonds. The number of hydrogen-bond acceptors (Lipinski definition) is 2. The highest BCUT2D eigenvalue weighted by Crippen LogP contribution is 2.27. The van der Waals surface area contributed by atoms with E-state index in [9.17, 15) is 4.79 Å². The molecular weight excluding hydrogens is 274 g/mol. The summed E-state index contributed by atoms with van der Waals surface area (Å²) in [7, 11) is 1.65. The van der Waals surface area contributed by atoms with Crippen molar-refractivity contribution in [1.82, 2.24) is 5.32 Å². The number of benzene rings is 2. The predicted octanol–water partition coefficient (Wildman–Crippen LogP) is 3.73. The summed E-state index contributed by atoms with van der Waals surface area (Å²) in [4.78, 5) is 11.9. The van der Waals surface area contributed by atoms with Crippen LogP contribution in [0.5, 0.6) is 5.75 Å². The van der Waals surface area contributed by atoms with Gasteiger partial charge in [0, 0.05) is 12.6 Å². The Hall–Kier alpha value is -2.29. The third-order valence-corrected chi connectivity index (χ3v) is 3.91. The van der Waals surface area contributed by atoms with E-state index in [1.54, 1.807) is 7.05 Å². The summed E-state index contributed by atoms with van der Waals surface area (Å²) in [5.74, 6) is 0.516. The zero-order valence-corrected chi connectivity index (χ0v) is 13.6. The van der Waals surface area contributed by atoms with Crippen LogP contribution in [0.2, 0.25) is 0 Å². The maximum absolute atomic E-state index is 11.9. The van der Waals surface area contributed by atoms with E-state index in [0.717, 1.165) is 11.3 Å². The van der Waals surface area contributed by atoms with E-state index in [-0.39, 0.29) is 11.8 Å². The monoisotopic (exact) mass is 297 g/mol. The van der Waals surface area contributed by atoms with Gasteiger partial charge in [-0.05, 0) is 38.0 Å². The summed E-state index contributed by atoms with van der Waals surface area (Å²) in [6.45, 7) is 6.55. The minimum Gasteiger partial charge on any atom is -0.489 e. The van der Waals surface area contributed by atoms with Crippen molar-refractivity contribution >= 4 is 5.91 Å². The lowest BCUT2D eigenvalue weighted by Crippen LogP contribution is -2.24. The van der Waals surface area contributed by atoms with Crippen LogP contribution >= 0.6 is 0 Å². The fourth-order valence-electron chi connectivity index (χ4n) is 2.44. The van der Waals surface area contributed by atoms with Gasteiger partial charge in [-0.1, -0.05) is 42.0 Å². The largest absolute Gasteiger partial charge is 0.489 e. The molecule has 0 aliphatic heterocycles. The van der Waals surface area contributed by atoms with Gasteiger partial charge in [-0.15, -0.1) is 0 Å². The molecule has 0 aromatic heterocycles. The molecule has 3 heteroatoms. The molecule has 1 N–H and O–H groups in total. The Morgan fingerprint density at radius 1 is 1.18 bits per heavy atom. The lowest BCUT2D eigenvalue weighted by molar-refractivity contribution is -0.121. The maximum atomic E-state index is 11.9. The molecule has 2 rings (SSSR count). The number of hydrogen-bond donors (Lipinski definition) is 1. The quantitative estimate of drug-likeness (QED) is 0.913. The van der Waals surface area contributed by atoms with E-state index >= 15 is 0 Å². The van der Waals surface area contributed by atoms with Gasteiger partial charge >= 0.3 is 0 Å².